The van der Waals surface area contributed by atoms with Crippen molar-refractivity contribution in [1.29, 1.82) is 0 Å². The minimum absolute atomic E-state index is 0.252. The highest BCUT2D eigenvalue weighted by molar-refractivity contribution is 14.1. The third-order valence-corrected chi connectivity index (χ3v) is 4.29. The highest BCUT2D eigenvalue weighted by Gasteiger charge is 2.17. The smallest absolute Gasteiger partial charge is 0.350 e. The summed E-state index contributed by atoms with van der Waals surface area (Å²) in [6.45, 7) is 3.76. The lowest BCUT2D eigenvalue weighted by molar-refractivity contribution is 0.0531. The molecule has 1 N–H and O–H groups in total. The van der Waals surface area contributed by atoms with Gasteiger partial charge in [-0.1, -0.05) is 17.4 Å². The van der Waals surface area contributed by atoms with Crippen LogP contribution >= 0.6 is 33.9 Å². The number of aryl methyl sites for hydroxylation is 1. The van der Waals surface area contributed by atoms with Crippen LogP contribution in [-0.2, 0) is 4.74 Å². The summed E-state index contributed by atoms with van der Waals surface area (Å²) in [5.74, 6) is -0.667. The number of ether oxygens (including phenoxy) is 1. The zero-order chi connectivity index (χ0) is 15.4. The van der Waals surface area contributed by atoms with Crippen molar-refractivity contribution in [2.24, 2.45) is 0 Å². The first kappa shape index (κ1) is 15.9. The van der Waals surface area contributed by atoms with Crippen molar-refractivity contribution in [2.75, 3.05) is 11.9 Å². The van der Waals surface area contributed by atoms with Gasteiger partial charge in [-0.05, 0) is 54.6 Å². The van der Waals surface area contributed by atoms with Gasteiger partial charge in [0.05, 0.1) is 12.3 Å². The zero-order valence-corrected chi connectivity index (χ0v) is 14.4. The number of aromatic nitrogens is 1. The average Bonchev–Trinajstić information content (AvgIpc) is 2.80. The number of amides is 1. The van der Waals surface area contributed by atoms with Crippen molar-refractivity contribution in [3.63, 3.8) is 0 Å². The van der Waals surface area contributed by atoms with E-state index in [0.717, 1.165) is 14.9 Å². The largest absolute Gasteiger partial charge is 0.462 e. The molecule has 0 radical (unpaired) electrons. The van der Waals surface area contributed by atoms with E-state index in [1.165, 1.54) is 0 Å². The van der Waals surface area contributed by atoms with Crippen molar-refractivity contribution in [3.8, 4) is 0 Å². The summed E-state index contributed by atoms with van der Waals surface area (Å²) < 4.78 is 5.92. The highest BCUT2D eigenvalue weighted by Crippen LogP contribution is 2.24. The lowest BCUT2D eigenvalue weighted by Crippen LogP contribution is -2.11. The molecule has 1 amide bonds. The number of benzene rings is 1. The zero-order valence-electron chi connectivity index (χ0n) is 11.5. The van der Waals surface area contributed by atoms with E-state index in [1.807, 2.05) is 12.1 Å². The fraction of sp³-hybridized carbons (Fsp3) is 0.214. The quantitative estimate of drug-likeness (QED) is 0.612. The number of nitrogens with zero attached hydrogens (tertiary/aromatic N) is 1. The summed E-state index contributed by atoms with van der Waals surface area (Å²) in [4.78, 5) is 28.4. The summed E-state index contributed by atoms with van der Waals surface area (Å²) in [7, 11) is 0. The third-order valence-electron chi connectivity index (χ3n) is 2.56. The van der Waals surface area contributed by atoms with Crippen molar-refractivity contribution < 1.29 is 14.3 Å². The highest BCUT2D eigenvalue weighted by atomic mass is 127. The molecule has 110 valence electrons. The van der Waals surface area contributed by atoms with Gasteiger partial charge in [-0.3, -0.25) is 10.1 Å². The van der Waals surface area contributed by atoms with E-state index in [4.69, 9.17) is 4.74 Å². The van der Waals surface area contributed by atoms with E-state index < -0.39 is 5.97 Å². The van der Waals surface area contributed by atoms with Crippen LogP contribution in [0.25, 0.3) is 0 Å². The minimum Gasteiger partial charge on any atom is -0.462 e. The molecule has 2 rings (SSSR count). The van der Waals surface area contributed by atoms with Crippen molar-refractivity contribution >= 4 is 50.9 Å². The summed E-state index contributed by atoms with van der Waals surface area (Å²) in [6.07, 6.45) is 0. The Balaban J connectivity index is 2.15. The Morgan fingerprint density at radius 1 is 1.43 bits per heavy atom. The maximum atomic E-state index is 12.1. The van der Waals surface area contributed by atoms with Crippen LogP contribution in [0.1, 0.15) is 32.6 Å². The lowest BCUT2D eigenvalue weighted by atomic mass is 10.2. The van der Waals surface area contributed by atoms with Crippen LogP contribution in [0.5, 0.6) is 0 Å². The Hall–Kier alpha value is -1.48. The number of halogens is 1. The maximum absolute atomic E-state index is 12.1. The van der Waals surface area contributed by atoms with Gasteiger partial charge in [0, 0.05) is 9.13 Å². The van der Waals surface area contributed by atoms with Gasteiger partial charge >= 0.3 is 5.97 Å². The number of carbonyl (C=O) groups is 2. The molecular formula is C14H13IN2O3S. The first-order chi connectivity index (χ1) is 10.0. The van der Waals surface area contributed by atoms with Gasteiger partial charge in [0.2, 0.25) is 0 Å². The van der Waals surface area contributed by atoms with Crippen LogP contribution in [0.4, 0.5) is 5.13 Å². The number of rotatable bonds is 4. The Kier molecular flexibility index (Phi) is 5.29. The number of esters is 1. The summed E-state index contributed by atoms with van der Waals surface area (Å²) in [6, 6.07) is 7.23. The number of hydrogen-bond acceptors (Lipinski definition) is 5. The number of carbonyl (C=O) groups excluding carboxylic acids is 2. The van der Waals surface area contributed by atoms with E-state index in [-0.39, 0.29) is 5.91 Å². The lowest BCUT2D eigenvalue weighted by Gasteiger charge is -2.01. The first-order valence-corrected chi connectivity index (χ1v) is 8.12. The van der Waals surface area contributed by atoms with Crippen LogP contribution < -0.4 is 5.32 Å². The second kappa shape index (κ2) is 6.99. The fourth-order valence-corrected chi connectivity index (χ4v) is 3.03. The molecule has 5 nitrogen and oxygen atoms in total. The van der Waals surface area contributed by atoms with E-state index >= 15 is 0 Å². The molecule has 0 bridgehead atoms. The predicted molar refractivity (Wildman–Crippen MR) is 89.9 cm³/mol. The Labute approximate surface area is 139 Å². The Morgan fingerprint density at radius 2 is 2.19 bits per heavy atom. The van der Waals surface area contributed by atoms with Gasteiger partial charge in [0.15, 0.2) is 5.13 Å². The Bertz CT molecular complexity index is 685. The van der Waals surface area contributed by atoms with Crippen LogP contribution in [-0.4, -0.2) is 23.5 Å². The fourth-order valence-electron chi connectivity index (χ4n) is 1.63. The molecule has 0 unspecified atom stereocenters. The van der Waals surface area contributed by atoms with Crippen molar-refractivity contribution in [2.45, 2.75) is 13.8 Å². The molecule has 0 aliphatic carbocycles. The molecule has 7 heteroatoms. The van der Waals surface area contributed by atoms with Crippen LogP contribution in [0, 0.1) is 10.5 Å². The molecule has 21 heavy (non-hydrogen) atoms. The van der Waals surface area contributed by atoms with E-state index in [9.17, 15) is 9.59 Å². The Morgan fingerprint density at radius 3 is 2.86 bits per heavy atom. The standard InChI is InChI=1S/C14H13IN2O3S/c1-3-20-13(19)11-8(2)16-14(21-11)17-12(18)9-5-4-6-10(15)7-9/h4-7H,3H2,1-2H3,(H,16,17,18). The molecular weight excluding hydrogens is 403 g/mol. The molecule has 0 aliphatic rings. The van der Waals surface area contributed by atoms with E-state index in [0.29, 0.717) is 27.9 Å². The van der Waals surface area contributed by atoms with E-state index in [2.05, 4.69) is 32.9 Å². The molecule has 0 aliphatic heterocycles. The molecule has 0 saturated heterocycles. The number of hydrogen-bond donors (Lipinski definition) is 1. The second-order valence-corrected chi connectivity index (χ2v) is 6.36. The van der Waals surface area contributed by atoms with Crippen LogP contribution in [0.15, 0.2) is 24.3 Å². The van der Waals surface area contributed by atoms with E-state index in [1.54, 1.807) is 26.0 Å². The van der Waals surface area contributed by atoms with Gasteiger partial charge in [0.1, 0.15) is 4.88 Å². The molecule has 1 aromatic heterocycles. The normalized spacial score (nSPS) is 10.2. The van der Waals surface area contributed by atoms with Crippen molar-refractivity contribution in [3.05, 3.63) is 44.0 Å². The summed E-state index contributed by atoms with van der Waals surface area (Å²) >= 11 is 3.26. The van der Waals surface area contributed by atoms with Gasteiger partial charge in [-0.15, -0.1) is 0 Å². The predicted octanol–water partition coefficient (Wildman–Crippen LogP) is 3.49. The van der Waals surface area contributed by atoms with Crippen LogP contribution in [0.2, 0.25) is 0 Å². The molecule has 0 saturated carbocycles. The van der Waals surface area contributed by atoms with Crippen LogP contribution in [0.3, 0.4) is 0 Å². The van der Waals surface area contributed by atoms with Gasteiger partial charge in [0.25, 0.3) is 5.91 Å². The average molecular weight is 416 g/mol. The number of thiazole rings is 1. The molecule has 1 aromatic carbocycles. The second-order valence-electron chi connectivity index (χ2n) is 4.12. The van der Waals surface area contributed by atoms with Gasteiger partial charge < -0.3 is 4.74 Å². The van der Waals surface area contributed by atoms with Crippen molar-refractivity contribution in [1.82, 2.24) is 4.98 Å². The topological polar surface area (TPSA) is 68.3 Å². The molecule has 0 atom stereocenters. The third kappa shape index (κ3) is 4.01. The number of nitrogens with one attached hydrogen (secondary N) is 1. The summed E-state index contributed by atoms with van der Waals surface area (Å²) in [5, 5.41) is 3.09. The van der Waals surface area contributed by atoms with Gasteiger partial charge in [-0.2, -0.15) is 0 Å². The van der Waals surface area contributed by atoms with Gasteiger partial charge in [-0.25, -0.2) is 9.78 Å². The molecule has 1 heterocycles. The molecule has 0 spiro atoms. The number of anilines is 1. The summed E-state index contributed by atoms with van der Waals surface area (Å²) in [5.41, 5.74) is 1.10. The first-order valence-electron chi connectivity index (χ1n) is 6.22. The SMILES string of the molecule is CCOC(=O)c1sc(NC(=O)c2cccc(I)c2)nc1C. The molecule has 2 aromatic rings. The monoisotopic (exact) mass is 416 g/mol. The maximum Gasteiger partial charge on any atom is 0.350 e. The minimum atomic E-state index is -0.415. The molecule has 0 fully saturated rings.